The first-order chi connectivity index (χ1) is 8.09. The average Bonchev–Trinajstić information content (AvgIpc) is 2.78. The summed E-state index contributed by atoms with van der Waals surface area (Å²) in [7, 11) is 0. The summed E-state index contributed by atoms with van der Waals surface area (Å²) >= 11 is 0. The van der Waals surface area contributed by atoms with Crippen LogP contribution in [-0.2, 0) is 0 Å². The van der Waals surface area contributed by atoms with Crippen LogP contribution in [0.25, 0.3) is 11.3 Å². The third-order valence-corrected chi connectivity index (χ3v) is 2.68. The maximum atomic E-state index is 10.8. The van der Waals surface area contributed by atoms with Crippen molar-refractivity contribution in [2.45, 2.75) is 19.8 Å². The van der Waals surface area contributed by atoms with Crippen LogP contribution in [0.3, 0.4) is 0 Å². The minimum atomic E-state index is -0.435. The van der Waals surface area contributed by atoms with Crippen LogP contribution in [0.2, 0.25) is 0 Å². The zero-order chi connectivity index (χ0) is 12.4. The standard InChI is InChI=1S/C12H13N3O2/c1-8(2)9-3-5-10(6-4-9)12-11(15(16)17)7-13-14-12/h3-8H,1-2H3,(H,13,14). The van der Waals surface area contributed by atoms with Gasteiger partial charge in [-0.05, 0) is 11.5 Å². The smallest absolute Gasteiger partial charge is 0.271 e. The Kier molecular flexibility index (Phi) is 2.91. The highest BCUT2D eigenvalue weighted by atomic mass is 16.6. The molecule has 88 valence electrons. The van der Waals surface area contributed by atoms with Crippen molar-refractivity contribution in [1.82, 2.24) is 10.2 Å². The Labute approximate surface area is 98.6 Å². The highest BCUT2D eigenvalue weighted by Crippen LogP contribution is 2.28. The maximum absolute atomic E-state index is 10.8. The van der Waals surface area contributed by atoms with Crippen molar-refractivity contribution in [1.29, 1.82) is 0 Å². The third kappa shape index (κ3) is 2.18. The second-order valence-electron chi connectivity index (χ2n) is 4.16. The van der Waals surface area contributed by atoms with Gasteiger partial charge in [0.1, 0.15) is 11.9 Å². The van der Waals surface area contributed by atoms with Gasteiger partial charge >= 0.3 is 5.69 Å². The van der Waals surface area contributed by atoms with Crippen molar-refractivity contribution >= 4 is 5.69 Å². The first-order valence-electron chi connectivity index (χ1n) is 5.37. The molecule has 0 radical (unpaired) electrons. The maximum Gasteiger partial charge on any atom is 0.314 e. The molecule has 0 fully saturated rings. The number of H-pyrrole nitrogens is 1. The number of nitro groups is 1. The van der Waals surface area contributed by atoms with E-state index in [9.17, 15) is 10.1 Å². The summed E-state index contributed by atoms with van der Waals surface area (Å²) < 4.78 is 0. The fourth-order valence-corrected chi connectivity index (χ4v) is 1.67. The summed E-state index contributed by atoms with van der Waals surface area (Å²) in [4.78, 5) is 10.3. The van der Waals surface area contributed by atoms with E-state index in [1.165, 1.54) is 11.8 Å². The van der Waals surface area contributed by atoms with Crippen molar-refractivity contribution < 1.29 is 4.92 Å². The number of benzene rings is 1. The molecule has 1 aromatic carbocycles. The molecule has 5 heteroatoms. The van der Waals surface area contributed by atoms with Crippen LogP contribution >= 0.6 is 0 Å². The lowest BCUT2D eigenvalue weighted by atomic mass is 10.0. The van der Waals surface area contributed by atoms with Crippen molar-refractivity contribution in [3.8, 4) is 11.3 Å². The van der Waals surface area contributed by atoms with Gasteiger partial charge in [0.05, 0.1) is 4.92 Å². The predicted molar refractivity (Wildman–Crippen MR) is 64.8 cm³/mol. The zero-order valence-corrected chi connectivity index (χ0v) is 9.68. The van der Waals surface area contributed by atoms with Gasteiger partial charge < -0.3 is 0 Å². The number of aromatic amines is 1. The van der Waals surface area contributed by atoms with Crippen LogP contribution in [0.1, 0.15) is 25.3 Å². The number of rotatable bonds is 3. The highest BCUT2D eigenvalue weighted by Gasteiger charge is 2.17. The van der Waals surface area contributed by atoms with Crippen LogP contribution < -0.4 is 0 Å². The Hall–Kier alpha value is -2.17. The van der Waals surface area contributed by atoms with Crippen molar-refractivity contribution in [2.75, 3.05) is 0 Å². The van der Waals surface area contributed by atoms with E-state index in [1.54, 1.807) is 0 Å². The molecule has 0 aliphatic carbocycles. The molecular formula is C12H13N3O2. The van der Waals surface area contributed by atoms with E-state index in [2.05, 4.69) is 24.0 Å². The Morgan fingerprint density at radius 3 is 2.47 bits per heavy atom. The van der Waals surface area contributed by atoms with Gasteiger partial charge in [-0.15, -0.1) is 0 Å². The van der Waals surface area contributed by atoms with E-state index in [0.717, 1.165) is 5.56 Å². The Balaban J connectivity index is 2.40. The molecule has 0 amide bonds. The molecule has 0 bridgehead atoms. The molecule has 0 aliphatic rings. The second-order valence-corrected chi connectivity index (χ2v) is 4.16. The molecule has 2 aromatic rings. The predicted octanol–water partition coefficient (Wildman–Crippen LogP) is 3.11. The molecule has 0 saturated carbocycles. The summed E-state index contributed by atoms with van der Waals surface area (Å²) in [6, 6.07) is 7.70. The number of aromatic nitrogens is 2. The second kappa shape index (κ2) is 4.37. The van der Waals surface area contributed by atoms with Crippen LogP contribution in [-0.4, -0.2) is 15.1 Å². The van der Waals surface area contributed by atoms with E-state index < -0.39 is 4.92 Å². The lowest BCUT2D eigenvalue weighted by Gasteiger charge is -2.05. The van der Waals surface area contributed by atoms with Gasteiger partial charge in [0, 0.05) is 5.56 Å². The van der Waals surface area contributed by atoms with Crippen LogP contribution in [0.4, 0.5) is 5.69 Å². The van der Waals surface area contributed by atoms with E-state index in [0.29, 0.717) is 11.6 Å². The van der Waals surface area contributed by atoms with Crippen molar-refractivity contribution in [3.05, 3.63) is 46.1 Å². The summed E-state index contributed by atoms with van der Waals surface area (Å²) in [5.41, 5.74) is 2.43. The van der Waals surface area contributed by atoms with Crippen molar-refractivity contribution in [2.24, 2.45) is 0 Å². The molecule has 2 rings (SSSR count). The van der Waals surface area contributed by atoms with E-state index >= 15 is 0 Å². The fraction of sp³-hybridized carbons (Fsp3) is 0.250. The van der Waals surface area contributed by atoms with Gasteiger partial charge in [0.25, 0.3) is 0 Å². The van der Waals surface area contributed by atoms with Crippen LogP contribution in [0.5, 0.6) is 0 Å². The Bertz CT molecular complexity index is 529. The van der Waals surface area contributed by atoms with Crippen LogP contribution in [0.15, 0.2) is 30.5 Å². The molecule has 1 heterocycles. The topological polar surface area (TPSA) is 71.8 Å². The summed E-state index contributed by atoms with van der Waals surface area (Å²) in [6.07, 6.45) is 1.23. The summed E-state index contributed by atoms with van der Waals surface area (Å²) in [6.45, 7) is 4.21. The lowest BCUT2D eigenvalue weighted by molar-refractivity contribution is -0.384. The molecule has 0 aliphatic heterocycles. The number of hydrogen-bond acceptors (Lipinski definition) is 3. The molecule has 0 spiro atoms. The number of hydrogen-bond donors (Lipinski definition) is 1. The van der Waals surface area contributed by atoms with Crippen LogP contribution in [0, 0.1) is 10.1 Å². The SMILES string of the molecule is CC(C)c1ccc(-c2[nH]ncc2[N+](=O)[O-])cc1. The van der Waals surface area contributed by atoms with Gasteiger partial charge in [-0.1, -0.05) is 38.1 Å². The minimum absolute atomic E-state index is 0.00213. The largest absolute Gasteiger partial charge is 0.314 e. The van der Waals surface area contributed by atoms with Crippen molar-refractivity contribution in [3.63, 3.8) is 0 Å². The Morgan fingerprint density at radius 2 is 1.94 bits per heavy atom. The molecule has 0 atom stereocenters. The van der Waals surface area contributed by atoms with E-state index in [4.69, 9.17) is 0 Å². The van der Waals surface area contributed by atoms with Gasteiger partial charge in [-0.2, -0.15) is 5.10 Å². The quantitative estimate of drug-likeness (QED) is 0.651. The first-order valence-corrected chi connectivity index (χ1v) is 5.37. The van der Waals surface area contributed by atoms with Gasteiger partial charge in [-0.25, -0.2) is 0 Å². The molecule has 0 saturated heterocycles. The van der Waals surface area contributed by atoms with Gasteiger partial charge in [0.2, 0.25) is 0 Å². The molecule has 17 heavy (non-hydrogen) atoms. The average molecular weight is 231 g/mol. The minimum Gasteiger partial charge on any atom is -0.271 e. The zero-order valence-electron chi connectivity index (χ0n) is 9.68. The molecule has 0 unspecified atom stereocenters. The highest BCUT2D eigenvalue weighted by molar-refractivity contribution is 5.68. The van der Waals surface area contributed by atoms with E-state index in [1.807, 2.05) is 24.3 Å². The first kappa shape index (κ1) is 11.3. The molecular weight excluding hydrogens is 218 g/mol. The number of nitrogens with one attached hydrogen (secondary N) is 1. The monoisotopic (exact) mass is 231 g/mol. The Morgan fingerprint density at radius 1 is 1.29 bits per heavy atom. The third-order valence-electron chi connectivity index (χ3n) is 2.68. The normalized spacial score (nSPS) is 10.8. The van der Waals surface area contributed by atoms with Gasteiger partial charge in [-0.3, -0.25) is 15.2 Å². The van der Waals surface area contributed by atoms with E-state index in [-0.39, 0.29) is 5.69 Å². The summed E-state index contributed by atoms with van der Waals surface area (Å²) in [5.74, 6) is 0.445. The lowest BCUT2D eigenvalue weighted by Crippen LogP contribution is -1.90. The number of nitrogens with zero attached hydrogens (tertiary/aromatic N) is 2. The molecule has 1 N–H and O–H groups in total. The van der Waals surface area contributed by atoms with Gasteiger partial charge in [0.15, 0.2) is 0 Å². The summed E-state index contributed by atoms with van der Waals surface area (Å²) in [5, 5.41) is 17.1. The fourth-order valence-electron chi connectivity index (χ4n) is 1.67. The molecule has 1 aromatic heterocycles. The molecule has 5 nitrogen and oxygen atoms in total.